The van der Waals surface area contributed by atoms with E-state index in [1.807, 2.05) is 13.8 Å². The molecule has 0 aromatic heterocycles. The van der Waals surface area contributed by atoms with Gasteiger partial charge in [-0.1, -0.05) is 74.0 Å². The molecule has 0 heterocycles. The van der Waals surface area contributed by atoms with Gasteiger partial charge in [0.1, 0.15) is 12.6 Å². The fourth-order valence-electron chi connectivity index (χ4n) is 3.95. The Labute approximate surface area is 243 Å². The first kappa shape index (κ1) is 32.0. The number of carbonyl (C=O) groups is 2. The van der Waals surface area contributed by atoms with E-state index < -0.39 is 56.9 Å². The molecule has 0 aliphatic carbocycles. The highest BCUT2D eigenvalue weighted by Crippen LogP contribution is 2.38. The van der Waals surface area contributed by atoms with Gasteiger partial charge in [-0.15, -0.1) is 0 Å². The van der Waals surface area contributed by atoms with Crippen molar-refractivity contribution in [2.24, 2.45) is 5.92 Å². The Morgan fingerprint density at radius 2 is 1.51 bits per heavy atom. The molecule has 0 saturated carbocycles. The van der Waals surface area contributed by atoms with Crippen LogP contribution in [0.1, 0.15) is 31.9 Å². The Hall–Kier alpha value is -3.57. The van der Waals surface area contributed by atoms with Gasteiger partial charge >= 0.3 is 6.18 Å². The minimum atomic E-state index is -4.87. The number of amides is 2. The van der Waals surface area contributed by atoms with Crippen LogP contribution in [-0.2, 0) is 32.3 Å². The van der Waals surface area contributed by atoms with E-state index in [1.54, 1.807) is 36.4 Å². The van der Waals surface area contributed by atoms with Gasteiger partial charge in [-0.3, -0.25) is 13.9 Å². The van der Waals surface area contributed by atoms with Crippen molar-refractivity contribution in [2.75, 3.05) is 17.4 Å². The first-order valence-corrected chi connectivity index (χ1v) is 14.6. The Morgan fingerprint density at radius 1 is 0.927 bits per heavy atom. The van der Waals surface area contributed by atoms with Crippen LogP contribution < -0.4 is 9.62 Å². The Bertz CT molecular complexity index is 1450. The average molecular weight is 610 g/mol. The highest BCUT2D eigenvalue weighted by Gasteiger charge is 2.37. The van der Waals surface area contributed by atoms with E-state index in [4.69, 9.17) is 11.6 Å². The van der Waals surface area contributed by atoms with Gasteiger partial charge in [-0.25, -0.2) is 8.42 Å². The molecule has 3 aromatic carbocycles. The molecule has 0 spiro atoms. The second-order valence-electron chi connectivity index (χ2n) is 9.81. The molecule has 0 bridgehead atoms. The topological polar surface area (TPSA) is 86.8 Å². The fourth-order valence-corrected chi connectivity index (χ4v) is 5.60. The summed E-state index contributed by atoms with van der Waals surface area (Å²) in [5.41, 5.74) is -0.983. The molecule has 3 aromatic rings. The number of benzene rings is 3. The van der Waals surface area contributed by atoms with Crippen molar-refractivity contribution in [1.82, 2.24) is 10.2 Å². The fraction of sp³-hybridized carbons (Fsp3) is 0.310. The van der Waals surface area contributed by atoms with Crippen molar-refractivity contribution < 1.29 is 31.2 Å². The molecule has 220 valence electrons. The lowest BCUT2D eigenvalue weighted by Crippen LogP contribution is -2.51. The number of alkyl halides is 3. The van der Waals surface area contributed by atoms with Crippen LogP contribution in [0.2, 0.25) is 5.02 Å². The number of sulfonamides is 1. The number of carbonyl (C=O) groups excluding carboxylic acids is 2. The lowest BCUT2D eigenvalue weighted by atomic mass is 10.1. The molecule has 0 radical (unpaired) electrons. The van der Waals surface area contributed by atoms with E-state index in [9.17, 15) is 31.2 Å². The molecule has 7 nitrogen and oxygen atoms in total. The van der Waals surface area contributed by atoms with Crippen LogP contribution in [0.15, 0.2) is 83.8 Å². The Kier molecular flexibility index (Phi) is 10.4. The zero-order chi connectivity index (χ0) is 30.4. The van der Waals surface area contributed by atoms with E-state index in [1.165, 1.54) is 36.1 Å². The lowest BCUT2D eigenvalue weighted by Gasteiger charge is -2.32. The molecule has 0 aliphatic heterocycles. The predicted molar refractivity (Wildman–Crippen MR) is 152 cm³/mol. The first-order valence-electron chi connectivity index (χ1n) is 12.8. The third-order valence-corrected chi connectivity index (χ3v) is 8.32. The van der Waals surface area contributed by atoms with Gasteiger partial charge < -0.3 is 10.2 Å². The summed E-state index contributed by atoms with van der Waals surface area (Å²) in [4.78, 5) is 27.8. The number of hydrogen-bond donors (Lipinski definition) is 1. The highest BCUT2D eigenvalue weighted by atomic mass is 35.5. The highest BCUT2D eigenvalue weighted by molar-refractivity contribution is 7.92. The van der Waals surface area contributed by atoms with E-state index in [2.05, 4.69) is 5.32 Å². The minimum absolute atomic E-state index is 0.0381. The molecule has 2 amide bonds. The maximum Gasteiger partial charge on any atom is 0.417 e. The van der Waals surface area contributed by atoms with Crippen molar-refractivity contribution in [3.05, 3.63) is 95.0 Å². The van der Waals surface area contributed by atoms with Crippen molar-refractivity contribution in [3.8, 4) is 0 Å². The van der Waals surface area contributed by atoms with Crippen molar-refractivity contribution in [3.63, 3.8) is 0 Å². The molecule has 0 saturated heterocycles. The zero-order valence-corrected chi connectivity index (χ0v) is 24.3. The van der Waals surface area contributed by atoms with E-state index in [0.29, 0.717) is 22.5 Å². The van der Waals surface area contributed by atoms with Gasteiger partial charge in [0.05, 0.1) is 21.2 Å². The third-order valence-electron chi connectivity index (χ3n) is 6.20. The summed E-state index contributed by atoms with van der Waals surface area (Å²) >= 11 is 5.78. The summed E-state index contributed by atoms with van der Waals surface area (Å²) in [5.74, 6) is -1.10. The van der Waals surface area contributed by atoms with Crippen molar-refractivity contribution in [2.45, 2.75) is 44.4 Å². The molecule has 0 aliphatic rings. The maximum absolute atomic E-state index is 13.8. The molecule has 0 fully saturated rings. The number of anilines is 1. The van der Waals surface area contributed by atoms with E-state index >= 15 is 0 Å². The summed E-state index contributed by atoms with van der Waals surface area (Å²) in [6, 6.07) is 17.4. The molecule has 1 atom stereocenters. The van der Waals surface area contributed by atoms with Crippen LogP contribution >= 0.6 is 11.6 Å². The summed E-state index contributed by atoms with van der Waals surface area (Å²) < 4.78 is 69.2. The number of rotatable bonds is 11. The minimum Gasteiger partial charge on any atom is -0.354 e. The monoisotopic (exact) mass is 609 g/mol. The van der Waals surface area contributed by atoms with E-state index in [0.717, 1.165) is 12.1 Å². The summed E-state index contributed by atoms with van der Waals surface area (Å²) in [6.45, 7) is 4.78. The van der Waals surface area contributed by atoms with Gasteiger partial charge in [0.15, 0.2) is 0 Å². The normalized spacial score (nSPS) is 12.6. The molecule has 3 rings (SSSR count). The predicted octanol–water partition coefficient (Wildman–Crippen LogP) is 5.74. The first-order chi connectivity index (χ1) is 19.2. The van der Waals surface area contributed by atoms with Crippen LogP contribution in [0, 0.1) is 5.92 Å². The molecule has 41 heavy (non-hydrogen) atoms. The van der Waals surface area contributed by atoms with Crippen LogP contribution in [-0.4, -0.2) is 44.3 Å². The third kappa shape index (κ3) is 8.23. The van der Waals surface area contributed by atoms with Crippen molar-refractivity contribution >= 4 is 39.1 Å². The van der Waals surface area contributed by atoms with Crippen LogP contribution in [0.5, 0.6) is 0 Å². The summed E-state index contributed by atoms with van der Waals surface area (Å²) in [5, 5.41) is 2.15. The van der Waals surface area contributed by atoms with Crippen molar-refractivity contribution in [1.29, 1.82) is 0 Å². The quantitative estimate of drug-likeness (QED) is 0.300. The second kappa shape index (κ2) is 13.4. The zero-order valence-electron chi connectivity index (χ0n) is 22.7. The molecular weight excluding hydrogens is 579 g/mol. The molecule has 1 unspecified atom stereocenters. The van der Waals surface area contributed by atoms with Gasteiger partial charge in [0, 0.05) is 13.1 Å². The number of nitrogens with zero attached hydrogens (tertiary/aromatic N) is 2. The van der Waals surface area contributed by atoms with Crippen LogP contribution in [0.3, 0.4) is 0 Å². The molecular formula is C29H31ClF3N3O4S. The van der Waals surface area contributed by atoms with Gasteiger partial charge in [0.25, 0.3) is 10.0 Å². The number of nitrogens with one attached hydrogen (secondary N) is 1. The SMILES string of the molecule is CC(C)CNC(=O)C(C)N(Cc1ccccc1)C(=O)CN(c1ccc(Cl)c(C(F)(F)F)c1)S(=O)(=O)c1ccccc1. The van der Waals surface area contributed by atoms with Gasteiger partial charge in [0.2, 0.25) is 11.8 Å². The lowest BCUT2D eigenvalue weighted by molar-refractivity contribution is -0.139. The smallest absolute Gasteiger partial charge is 0.354 e. The number of halogens is 4. The molecule has 12 heteroatoms. The largest absolute Gasteiger partial charge is 0.417 e. The van der Waals surface area contributed by atoms with Crippen LogP contribution in [0.25, 0.3) is 0 Å². The standard InChI is InChI=1S/C29H31ClF3N3O4S/c1-20(2)17-34-28(38)21(3)35(18-22-10-6-4-7-11-22)27(37)19-36(41(39,40)24-12-8-5-9-13-24)23-14-15-26(30)25(16-23)29(31,32)33/h4-16,20-21H,17-19H2,1-3H3,(H,34,38). The van der Waals surface area contributed by atoms with E-state index in [-0.39, 0.29) is 17.4 Å². The average Bonchev–Trinajstić information content (AvgIpc) is 2.93. The Balaban J connectivity index is 2.08. The van der Waals surface area contributed by atoms with Crippen LogP contribution in [0.4, 0.5) is 18.9 Å². The molecule has 1 N–H and O–H groups in total. The number of hydrogen-bond acceptors (Lipinski definition) is 4. The second-order valence-corrected chi connectivity index (χ2v) is 12.1. The maximum atomic E-state index is 13.8. The van der Waals surface area contributed by atoms with Gasteiger partial charge in [-0.2, -0.15) is 13.2 Å². The summed E-state index contributed by atoms with van der Waals surface area (Å²) in [6.07, 6.45) is -4.87. The Morgan fingerprint density at radius 3 is 2.07 bits per heavy atom. The van der Waals surface area contributed by atoms with Gasteiger partial charge in [-0.05, 0) is 48.7 Å². The summed E-state index contributed by atoms with van der Waals surface area (Å²) in [7, 11) is -4.52.